The van der Waals surface area contributed by atoms with E-state index in [0.717, 1.165) is 4.47 Å². The third-order valence-electron chi connectivity index (χ3n) is 2.63. The highest BCUT2D eigenvalue weighted by Gasteiger charge is 2.18. The van der Waals surface area contributed by atoms with Gasteiger partial charge in [0.25, 0.3) is 0 Å². The largest absolute Gasteiger partial charge is 0.477 e. The molecule has 0 saturated carbocycles. The predicted octanol–water partition coefficient (Wildman–Crippen LogP) is 4.71. The van der Waals surface area contributed by atoms with Gasteiger partial charge in [0.2, 0.25) is 5.88 Å². The second-order valence-electron chi connectivity index (χ2n) is 4.24. The van der Waals surface area contributed by atoms with Crippen LogP contribution in [0.5, 0.6) is 11.6 Å². The molecule has 0 aliphatic rings. The van der Waals surface area contributed by atoms with Crippen molar-refractivity contribution in [2.24, 2.45) is 0 Å². The number of carboxylic acids is 1. The highest BCUT2D eigenvalue weighted by Crippen LogP contribution is 2.33. The fourth-order valence-electron chi connectivity index (χ4n) is 1.80. The van der Waals surface area contributed by atoms with E-state index in [0.29, 0.717) is 21.5 Å². The summed E-state index contributed by atoms with van der Waals surface area (Å²) in [6, 6.07) is 7.08. The van der Waals surface area contributed by atoms with E-state index in [1.165, 1.54) is 0 Å². The number of hydrogen-bond acceptors (Lipinski definition) is 3. The lowest BCUT2D eigenvalue weighted by atomic mass is 10.1. The molecule has 0 aliphatic carbocycles. The van der Waals surface area contributed by atoms with Gasteiger partial charge in [0.15, 0.2) is 0 Å². The number of hydrogen-bond donors (Lipinski definition) is 1. The number of aromatic carboxylic acids is 1. The van der Waals surface area contributed by atoms with Gasteiger partial charge in [-0.1, -0.05) is 15.9 Å². The average Bonchev–Trinajstić information content (AvgIpc) is 2.31. The normalized spacial score (nSPS) is 10.4. The zero-order chi connectivity index (χ0) is 14.9. The molecule has 2 rings (SSSR count). The van der Waals surface area contributed by atoms with Crippen LogP contribution >= 0.6 is 31.9 Å². The van der Waals surface area contributed by atoms with Gasteiger partial charge in [-0.3, -0.25) is 0 Å². The molecule has 104 valence electrons. The number of benzene rings is 1. The van der Waals surface area contributed by atoms with Crippen molar-refractivity contribution in [2.45, 2.75) is 13.8 Å². The monoisotopic (exact) mass is 399 g/mol. The lowest BCUT2D eigenvalue weighted by molar-refractivity contribution is 0.0692. The van der Waals surface area contributed by atoms with E-state index >= 15 is 0 Å². The topological polar surface area (TPSA) is 59.4 Å². The number of carbonyl (C=O) groups is 1. The van der Waals surface area contributed by atoms with E-state index in [9.17, 15) is 9.90 Å². The van der Waals surface area contributed by atoms with E-state index in [-0.39, 0.29) is 11.4 Å². The number of carboxylic acid groups (broad SMARTS) is 1. The summed E-state index contributed by atoms with van der Waals surface area (Å²) in [4.78, 5) is 15.5. The van der Waals surface area contributed by atoms with Crippen LogP contribution in [0, 0.1) is 13.8 Å². The Morgan fingerprint density at radius 3 is 2.55 bits per heavy atom. The Kier molecular flexibility index (Phi) is 4.45. The first-order valence-electron chi connectivity index (χ1n) is 5.73. The average molecular weight is 401 g/mol. The van der Waals surface area contributed by atoms with Gasteiger partial charge in [-0.15, -0.1) is 0 Å². The molecule has 0 aliphatic heterocycles. The zero-order valence-corrected chi connectivity index (χ0v) is 13.9. The molecule has 0 radical (unpaired) electrons. The maximum Gasteiger partial charge on any atom is 0.341 e. The quantitative estimate of drug-likeness (QED) is 0.810. The predicted molar refractivity (Wildman–Crippen MR) is 82.6 cm³/mol. The molecule has 1 heterocycles. The Morgan fingerprint density at radius 2 is 1.95 bits per heavy atom. The number of aromatic nitrogens is 1. The standard InChI is InChI=1S/C14H11Br2NO3/c1-7-5-8(2)17-13(12(7)14(18)19)20-11-4-3-9(15)6-10(11)16/h3-6H,1-2H3,(H,18,19). The first-order chi connectivity index (χ1) is 9.38. The molecule has 1 aromatic heterocycles. The van der Waals surface area contributed by atoms with Crippen LogP contribution in [0.2, 0.25) is 0 Å². The summed E-state index contributed by atoms with van der Waals surface area (Å²) >= 11 is 6.72. The van der Waals surface area contributed by atoms with Gasteiger partial charge in [0.1, 0.15) is 11.3 Å². The molecule has 20 heavy (non-hydrogen) atoms. The van der Waals surface area contributed by atoms with Crippen molar-refractivity contribution >= 4 is 37.8 Å². The van der Waals surface area contributed by atoms with Crippen molar-refractivity contribution in [1.82, 2.24) is 4.98 Å². The summed E-state index contributed by atoms with van der Waals surface area (Å²) in [6.07, 6.45) is 0. The zero-order valence-electron chi connectivity index (χ0n) is 10.8. The lowest BCUT2D eigenvalue weighted by Gasteiger charge is -2.12. The Bertz CT molecular complexity index is 686. The maximum atomic E-state index is 11.3. The minimum Gasteiger partial charge on any atom is -0.477 e. The van der Waals surface area contributed by atoms with Gasteiger partial charge in [0.05, 0.1) is 4.47 Å². The second kappa shape index (κ2) is 5.93. The van der Waals surface area contributed by atoms with Crippen LogP contribution in [0.25, 0.3) is 0 Å². The van der Waals surface area contributed by atoms with Crippen molar-refractivity contribution in [3.63, 3.8) is 0 Å². The SMILES string of the molecule is Cc1cc(C)c(C(=O)O)c(Oc2ccc(Br)cc2Br)n1. The molecule has 0 saturated heterocycles. The molecular weight excluding hydrogens is 390 g/mol. The maximum absolute atomic E-state index is 11.3. The number of halogens is 2. The summed E-state index contributed by atoms with van der Waals surface area (Å²) in [5, 5.41) is 9.29. The van der Waals surface area contributed by atoms with Gasteiger partial charge >= 0.3 is 5.97 Å². The van der Waals surface area contributed by atoms with Crippen LogP contribution in [0.1, 0.15) is 21.6 Å². The van der Waals surface area contributed by atoms with Gasteiger partial charge in [-0.25, -0.2) is 9.78 Å². The fraction of sp³-hybridized carbons (Fsp3) is 0.143. The molecular formula is C14H11Br2NO3. The molecule has 0 fully saturated rings. The summed E-state index contributed by atoms with van der Waals surface area (Å²) in [7, 11) is 0. The van der Waals surface area contributed by atoms with E-state index in [4.69, 9.17) is 4.74 Å². The third-order valence-corrected chi connectivity index (χ3v) is 3.74. The first kappa shape index (κ1) is 15.0. The van der Waals surface area contributed by atoms with Crippen LogP contribution in [-0.2, 0) is 0 Å². The number of nitrogens with zero attached hydrogens (tertiary/aromatic N) is 1. The molecule has 2 aromatic rings. The first-order valence-corrected chi connectivity index (χ1v) is 7.31. The van der Waals surface area contributed by atoms with Crippen LogP contribution in [0.3, 0.4) is 0 Å². The lowest BCUT2D eigenvalue weighted by Crippen LogP contribution is -2.06. The van der Waals surface area contributed by atoms with Crippen molar-refractivity contribution in [3.8, 4) is 11.6 Å². The minimum absolute atomic E-state index is 0.0745. The Labute approximate surface area is 133 Å². The highest BCUT2D eigenvalue weighted by molar-refractivity contribution is 9.11. The van der Waals surface area contributed by atoms with E-state index in [1.54, 1.807) is 26.0 Å². The molecule has 6 heteroatoms. The smallest absolute Gasteiger partial charge is 0.341 e. The van der Waals surface area contributed by atoms with E-state index < -0.39 is 5.97 Å². The van der Waals surface area contributed by atoms with Crippen LogP contribution < -0.4 is 4.74 Å². The van der Waals surface area contributed by atoms with Crippen LogP contribution in [0.15, 0.2) is 33.2 Å². The molecule has 0 spiro atoms. The van der Waals surface area contributed by atoms with Gasteiger partial charge in [-0.05, 0) is 59.6 Å². The summed E-state index contributed by atoms with van der Waals surface area (Å²) < 4.78 is 7.26. The molecule has 1 aromatic carbocycles. The molecule has 0 amide bonds. The van der Waals surface area contributed by atoms with Crippen molar-refractivity contribution < 1.29 is 14.6 Å². The van der Waals surface area contributed by atoms with E-state index in [1.807, 2.05) is 12.1 Å². The van der Waals surface area contributed by atoms with Crippen molar-refractivity contribution in [1.29, 1.82) is 0 Å². The summed E-state index contributed by atoms with van der Waals surface area (Å²) in [6.45, 7) is 3.52. The van der Waals surface area contributed by atoms with Gasteiger partial charge in [-0.2, -0.15) is 0 Å². The number of pyridine rings is 1. The Hall–Kier alpha value is -1.40. The Balaban J connectivity index is 2.50. The molecule has 0 bridgehead atoms. The van der Waals surface area contributed by atoms with Crippen LogP contribution in [-0.4, -0.2) is 16.1 Å². The van der Waals surface area contributed by atoms with Crippen LogP contribution in [0.4, 0.5) is 0 Å². The fourth-order valence-corrected chi connectivity index (χ4v) is 2.93. The van der Waals surface area contributed by atoms with Crippen molar-refractivity contribution in [2.75, 3.05) is 0 Å². The van der Waals surface area contributed by atoms with Gasteiger partial charge in [0, 0.05) is 10.2 Å². The minimum atomic E-state index is -1.06. The Morgan fingerprint density at radius 1 is 1.25 bits per heavy atom. The third kappa shape index (κ3) is 3.19. The molecule has 4 nitrogen and oxygen atoms in total. The molecule has 0 atom stereocenters. The summed E-state index contributed by atoms with van der Waals surface area (Å²) in [5.41, 5.74) is 1.40. The second-order valence-corrected chi connectivity index (χ2v) is 6.01. The molecule has 1 N–H and O–H groups in total. The highest BCUT2D eigenvalue weighted by atomic mass is 79.9. The van der Waals surface area contributed by atoms with E-state index in [2.05, 4.69) is 36.8 Å². The summed E-state index contributed by atoms with van der Waals surface area (Å²) in [5.74, 6) is -0.454. The number of aryl methyl sites for hydroxylation is 2. The van der Waals surface area contributed by atoms with Gasteiger partial charge < -0.3 is 9.84 Å². The molecule has 0 unspecified atom stereocenters. The number of ether oxygens (including phenoxy) is 1. The van der Waals surface area contributed by atoms with Crippen molar-refractivity contribution in [3.05, 3.63) is 50.0 Å². The number of rotatable bonds is 3.